The van der Waals surface area contributed by atoms with Crippen LogP contribution in [0.3, 0.4) is 0 Å². The van der Waals surface area contributed by atoms with Crippen LogP contribution < -0.4 is 0 Å². The van der Waals surface area contributed by atoms with Gasteiger partial charge in [0.25, 0.3) is 0 Å². The van der Waals surface area contributed by atoms with Crippen LogP contribution in [0, 0.1) is 0 Å². The maximum Gasteiger partial charge on any atom is 0.233 e. The lowest BCUT2D eigenvalue weighted by Gasteiger charge is -2.33. The summed E-state index contributed by atoms with van der Waals surface area (Å²) < 4.78 is 0. The fraction of sp³-hybridized carbons (Fsp3) is 0.350. The van der Waals surface area contributed by atoms with Crippen LogP contribution in [0.4, 0.5) is 0 Å². The summed E-state index contributed by atoms with van der Waals surface area (Å²) in [6.07, 6.45) is 5.04. The lowest BCUT2D eigenvalue weighted by molar-refractivity contribution is -0.131. The van der Waals surface area contributed by atoms with Gasteiger partial charge >= 0.3 is 0 Å². The third-order valence-electron chi connectivity index (χ3n) is 4.88. The molecule has 1 aromatic carbocycles. The van der Waals surface area contributed by atoms with Gasteiger partial charge in [-0.05, 0) is 31.7 Å². The number of piperidine rings is 1. The summed E-state index contributed by atoms with van der Waals surface area (Å²) >= 11 is 3.16. The van der Waals surface area contributed by atoms with Crippen LogP contribution in [0.2, 0.25) is 0 Å². The number of fused-ring (bicyclic) bond motifs is 1. The van der Waals surface area contributed by atoms with E-state index >= 15 is 0 Å². The fourth-order valence-corrected chi connectivity index (χ4v) is 5.35. The molecule has 0 saturated carbocycles. The number of nitrogens with zero attached hydrogens (tertiary/aromatic N) is 3. The van der Waals surface area contributed by atoms with E-state index in [-0.39, 0.29) is 5.91 Å². The van der Waals surface area contributed by atoms with Crippen LogP contribution in [0.15, 0.2) is 47.1 Å². The van der Waals surface area contributed by atoms with Gasteiger partial charge in [0, 0.05) is 23.5 Å². The molecule has 0 spiro atoms. The quantitative estimate of drug-likeness (QED) is 0.477. The molecule has 1 aliphatic heterocycles. The summed E-state index contributed by atoms with van der Waals surface area (Å²) in [4.78, 5) is 24.6. The Morgan fingerprint density at radius 1 is 1.27 bits per heavy atom. The molecule has 0 aliphatic carbocycles. The van der Waals surface area contributed by atoms with E-state index in [0.717, 1.165) is 45.8 Å². The Balaban J connectivity index is 1.59. The standard InChI is InChI=1S/C20H21N3OS2/c1-14-7-5-6-10-23(14)17(24)12-26-20-18-16(15-8-3-2-4-9-15)11-25-19(18)21-13-22-20/h2-4,8-9,11,13-14H,5-7,10,12H2,1H3. The van der Waals surface area contributed by atoms with E-state index < -0.39 is 0 Å². The highest BCUT2D eigenvalue weighted by Crippen LogP contribution is 2.37. The molecular formula is C20H21N3OS2. The van der Waals surface area contributed by atoms with Crippen LogP contribution in [-0.4, -0.2) is 39.1 Å². The summed E-state index contributed by atoms with van der Waals surface area (Å²) in [5, 5.41) is 4.09. The topological polar surface area (TPSA) is 46.1 Å². The second kappa shape index (κ2) is 7.76. The molecule has 134 valence electrons. The normalized spacial score (nSPS) is 17.6. The Labute approximate surface area is 161 Å². The van der Waals surface area contributed by atoms with E-state index in [9.17, 15) is 4.79 Å². The number of amides is 1. The maximum atomic E-state index is 12.7. The van der Waals surface area contributed by atoms with Crippen molar-refractivity contribution in [1.29, 1.82) is 0 Å². The van der Waals surface area contributed by atoms with Crippen molar-refractivity contribution in [3.8, 4) is 11.1 Å². The van der Waals surface area contributed by atoms with Crippen LogP contribution >= 0.6 is 23.1 Å². The third-order valence-corrected chi connectivity index (χ3v) is 6.74. The monoisotopic (exact) mass is 383 g/mol. The first kappa shape index (κ1) is 17.5. The molecule has 3 heterocycles. The molecule has 1 saturated heterocycles. The maximum absolute atomic E-state index is 12.7. The third kappa shape index (κ3) is 3.48. The molecule has 1 amide bonds. The van der Waals surface area contributed by atoms with Gasteiger partial charge in [-0.2, -0.15) is 0 Å². The van der Waals surface area contributed by atoms with Crippen molar-refractivity contribution in [2.75, 3.05) is 12.3 Å². The predicted molar refractivity (Wildman–Crippen MR) is 109 cm³/mol. The van der Waals surface area contributed by atoms with Gasteiger partial charge in [0.15, 0.2) is 0 Å². The molecule has 3 aromatic rings. The zero-order valence-corrected chi connectivity index (χ0v) is 16.4. The number of likely N-dealkylation sites (tertiary alicyclic amines) is 1. The number of carbonyl (C=O) groups is 1. The largest absolute Gasteiger partial charge is 0.339 e. The van der Waals surface area contributed by atoms with E-state index in [0.29, 0.717) is 11.8 Å². The Morgan fingerprint density at radius 2 is 2.12 bits per heavy atom. The van der Waals surface area contributed by atoms with E-state index in [1.54, 1.807) is 17.7 Å². The van der Waals surface area contributed by atoms with Crippen LogP contribution in [0.1, 0.15) is 26.2 Å². The first-order chi connectivity index (χ1) is 12.7. The fourth-order valence-electron chi connectivity index (χ4n) is 3.47. The predicted octanol–water partition coefficient (Wildman–Crippen LogP) is 4.85. The first-order valence-corrected chi connectivity index (χ1v) is 10.8. The number of hydrogen-bond donors (Lipinski definition) is 0. The van der Waals surface area contributed by atoms with Gasteiger partial charge in [0.1, 0.15) is 16.2 Å². The molecule has 1 atom stereocenters. The van der Waals surface area contributed by atoms with Crippen molar-refractivity contribution >= 4 is 39.2 Å². The molecule has 1 fully saturated rings. The SMILES string of the molecule is CC1CCCCN1C(=O)CSc1ncnc2scc(-c3ccccc3)c12. The summed E-state index contributed by atoms with van der Waals surface area (Å²) in [6, 6.07) is 10.6. The molecule has 6 heteroatoms. The molecule has 26 heavy (non-hydrogen) atoms. The van der Waals surface area contributed by atoms with E-state index in [4.69, 9.17) is 0 Å². The summed E-state index contributed by atoms with van der Waals surface area (Å²) in [6.45, 7) is 3.03. The number of hydrogen-bond acceptors (Lipinski definition) is 5. The second-order valence-corrected chi connectivity index (χ2v) is 8.42. The first-order valence-electron chi connectivity index (χ1n) is 8.94. The zero-order valence-electron chi connectivity index (χ0n) is 14.7. The van der Waals surface area contributed by atoms with Crippen molar-refractivity contribution in [3.05, 3.63) is 42.0 Å². The highest BCUT2D eigenvalue weighted by Gasteiger charge is 2.23. The van der Waals surface area contributed by atoms with Crippen molar-refractivity contribution in [1.82, 2.24) is 14.9 Å². The minimum Gasteiger partial charge on any atom is -0.339 e. The zero-order chi connectivity index (χ0) is 17.9. The van der Waals surface area contributed by atoms with Crippen molar-refractivity contribution in [3.63, 3.8) is 0 Å². The Hall–Kier alpha value is -1.92. The molecule has 1 unspecified atom stereocenters. The number of benzene rings is 1. The summed E-state index contributed by atoms with van der Waals surface area (Å²) in [7, 11) is 0. The molecule has 2 aromatic heterocycles. The molecule has 1 aliphatic rings. The van der Waals surface area contributed by atoms with Gasteiger partial charge in [0.05, 0.1) is 11.1 Å². The Kier molecular flexibility index (Phi) is 5.22. The van der Waals surface area contributed by atoms with Gasteiger partial charge in [-0.1, -0.05) is 42.1 Å². The molecule has 0 N–H and O–H groups in total. The molecule has 4 rings (SSSR count). The number of thiophene rings is 1. The van der Waals surface area contributed by atoms with Crippen LogP contribution in [0.5, 0.6) is 0 Å². The minimum atomic E-state index is 0.213. The van der Waals surface area contributed by atoms with E-state index in [2.05, 4.69) is 34.4 Å². The second-order valence-electron chi connectivity index (χ2n) is 6.59. The van der Waals surface area contributed by atoms with Gasteiger partial charge in [-0.25, -0.2) is 9.97 Å². The van der Waals surface area contributed by atoms with Gasteiger partial charge in [-0.15, -0.1) is 11.3 Å². The van der Waals surface area contributed by atoms with Gasteiger partial charge in [-0.3, -0.25) is 4.79 Å². The Morgan fingerprint density at radius 3 is 2.92 bits per heavy atom. The van der Waals surface area contributed by atoms with Crippen molar-refractivity contribution in [2.45, 2.75) is 37.3 Å². The smallest absolute Gasteiger partial charge is 0.233 e. The number of thioether (sulfide) groups is 1. The lowest BCUT2D eigenvalue weighted by atomic mass is 10.0. The van der Waals surface area contributed by atoms with Crippen LogP contribution in [0.25, 0.3) is 21.3 Å². The van der Waals surface area contributed by atoms with E-state index in [1.807, 2.05) is 23.1 Å². The van der Waals surface area contributed by atoms with Gasteiger partial charge < -0.3 is 4.90 Å². The summed E-state index contributed by atoms with van der Waals surface area (Å²) in [5.74, 6) is 0.644. The number of aromatic nitrogens is 2. The molecular weight excluding hydrogens is 362 g/mol. The average Bonchev–Trinajstić information content (AvgIpc) is 3.12. The highest BCUT2D eigenvalue weighted by molar-refractivity contribution is 8.00. The van der Waals surface area contributed by atoms with E-state index in [1.165, 1.54) is 18.2 Å². The minimum absolute atomic E-state index is 0.213. The highest BCUT2D eigenvalue weighted by atomic mass is 32.2. The Bertz CT molecular complexity index is 910. The lowest BCUT2D eigenvalue weighted by Crippen LogP contribution is -2.42. The molecule has 0 radical (unpaired) electrons. The molecule has 0 bridgehead atoms. The van der Waals surface area contributed by atoms with Gasteiger partial charge in [0.2, 0.25) is 5.91 Å². The van der Waals surface area contributed by atoms with Crippen LogP contribution in [-0.2, 0) is 4.79 Å². The van der Waals surface area contributed by atoms with Crippen molar-refractivity contribution in [2.24, 2.45) is 0 Å². The van der Waals surface area contributed by atoms with Crippen molar-refractivity contribution < 1.29 is 4.79 Å². The number of carbonyl (C=O) groups excluding carboxylic acids is 1. The number of rotatable bonds is 4. The summed E-state index contributed by atoms with van der Waals surface area (Å²) in [5.41, 5.74) is 2.30. The molecule has 4 nitrogen and oxygen atoms in total. The average molecular weight is 384 g/mol.